The van der Waals surface area contributed by atoms with Crippen molar-refractivity contribution < 1.29 is 23.4 Å². The van der Waals surface area contributed by atoms with Crippen molar-refractivity contribution in [2.75, 3.05) is 26.9 Å². The Morgan fingerprint density at radius 1 is 1.23 bits per heavy atom. The summed E-state index contributed by atoms with van der Waals surface area (Å²) in [5.41, 5.74) is 9.26. The summed E-state index contributed by atoms with van der Waals surface area (Å²) in [6, 6.07) is 12.4. The van der Waals surface area contributed by atoms with Crippen molar-refractivity contribution in [2.45, 2.75) is 46.1 Å². The van der Waals surface area contributed by atoms with Gasteiger partial charge in [0.15, 0.2) is 17.3 Å². The van der Waals surface area contributed by atoms with Crippen LogP contribution in [0.3, 0.4) is 0 Å². The molecule has 0 spiro atoms. The number of hydrogen-bond donors (Lipinski definition) is 1. The van der Waals surface area contributed by atoms with Crippen LogP contribution in [0.5, 0.6) is 11.5 Å². The Morgan fingerprint density at radius 3 is 2.64 bits per heavy atom. The molecule has 0 aromatic heterocycles. The Labute approximate surface area is 242 Å². The zero-order valence-corrected chi connectivity index (χ0v) is 24.8. The number of hydrogen-bond acceptors (Lipinski definition) is 7. The summed E-state index contributed by atoms with van der Waals surface area (Å²) in [4.78, 5) is 15.6. The van der Waals surface area contributed by atoms with Gasteiger partial charge in [0.1, 0.15) is 18.2 Å². The average molecular weight is 646 g/mol. The van der Waals surface area contributed by atoms with Gasteiger partial charge in [0.05, 0.1) is 34.3 Å². The Morgan fingerprint density at radius 2 is 1.97 bits per heavy atom. The Hall–Kier alpha value is -3.10. The zero-order chi connectivity index (χ0) is 28.3. The van der Waals surface area contributed by atoms with E-state index in [0.717, 1.165) is 5.70 Å². The number of nitrogens with two attached hydrogens (primary N) is 1. The molecule has 9 heteroatoms. The van der Waals surface area contributed by atoms with E-state index in [1.54, 1.807) is 31.4 Å². The molecule has 0 saturated carbocycles. The van der Waals surface area contributed by atoms with E-state index in [4.69, 9.17) is 19.9 Å². The minimum absolute atomic E-state index is 0.00163. The van der Waals surface area contributed by atoms with Crippen molar-refractivity contribution in [3.8, 4) is 17.6 Å². The van der Waals surface area contributed by atoms with E-state index in [-0.39, 0.29) is 23.6 Å². The number of ketones is 1. The van der Waals surface area contributed by atoms with Crippen molar-refractivity contribution in [2.24, 2.45) is 11.1 Å². The molecule has 0 amide bonds. The first-order valence-corrected chi connectivity index (χ1v) is 13.9. The van der Waals surface area contributed by atoms with Gasteiger partial charge in [-0.25, -0.2) is 4.39 Å². The van der Waals surface area contributed by atoms with Crippen LogP contribution in [0.2, 0.25) is 0 Å². The third-order valence-corrected chi connectivity index (χ3v) is 7.80. The highest BCUT2D eigenvalue weighted by Gasteiger charge is 2.44. The quantitative estimate of drug-likeness (QED) is 0.345. The summed E-state index contributed by atoms with van der Waals surface area (Å²) in [7, 11) is 1.61. The number of nitriles is 1. The van der Waals surface area contributed by atoms with Crippen molar-refractivity contribution in [3.63, 3.8) is 0 Å². The predicted octanol–water partition coefficient (Wildman–Crippen LogP) is 5.79. The number of methoxy groups -OCH3 is 1. The molecule has 39 heavy (non-hydrogen) atoms. The standard InChI is InChI=1S/C30H33FIN3O4/c1-5-38-25-13-19(12-22(32)28(25)39-17-18-8-6-7-9-21(18)31)26-20(16-33)29(34)35(10-11-37-4)23-14-30(2,3)15-24(36)27(23)26/h6-9,12-13,26H,5,10-11,14-15,17,34H2,1-4H3/t26-/m0/s1. The highest BCUT2D eigenvalue weighted by molar-refractivity contribution is 14.1. The molecule has 2 aliphatic rings. The summed E-state index contributed by atoms with van der Waals surface area (Å²) < 4.78 is 32.2. The number of Topliss-reactive ketones (excluding diaryl/α,β-unsaturated/α-hetero) is 1. The Kier molecular flexibility index (Phi) is 8.86. The van der Waals surface area contributed by atoms with Crippen LogP contribution in [0.25, 0.3) is 0 Å². The largest absolute Gasteiger partial charge is 0.490 e. The van der Waals surface area contributed by atoms with Crippen LogP contribution in [-0.2, 0) is 16.1 Å². The van der Waals surface area contributed by atoms with Gasteiger partial charge in [0, 0.05) is 36.9 Å². The zero-order valence-electron chi connectivity index (χ0n) is 22.6. The predicted molar refractivity (Wildman–Crippen MR) is 154 cm³/mol. The third kappa shape index (κ3) is 5.92. The number of carbonyl (C=O) groups excluding carboxylic acids is 1. The minimum atomic E-state index is -0.638. The first kappa shape index (κ1) is 28.9. The summed E-state index contributed by atoms with van der Waals surface area (Å²) in [5.74, 6) is 0.279. The number of rotatable bonds is 9. The van der Waals surface area contributed by atoms with Gasteiger partial charge in [-0.15, -0.1) is 0 Å². The fourth-order valence-electron chi connectivity index (χ4n) is 5.27. The van der Waals surface area contributed by atoms with E-state index in [0.29, 0.717) is 75.8 Å². The van der Waals surface area contributed by atoms with Gasteiger partial charge < -0.3 is 24.8 Å². The van der Waals surface area contributed by atoms with Gasteiger partial charge in [-0.2, -0.15) is 5.26 Å². The molecule has 1 atom stereocenters. The van der Waals surface area contributed by atoms with Gasteiger partial charge >= 0.3 is 0 Å². The first-order valence-electron chi connectivity index (χ1n) is 12.9. The van der Waals surface area contributed by atoms with Crippen LogP contribution in [0, 0.1) is 26.1 Å². The monoisotopic (exact) mass is 645 g/mol. The van der Waals surface area contributed by atoms with Gasteiger partial charge in [-0.05, 0) is 65.1 Å². The van der Waals surface area contributed by atoms with E-state index < -0.39 is 5.92 Å². The number of benzene rings is 2. The molecule has 2 aromatic rings. The molecule has 206 valence electrons. The fourth-order valence-corrected chi connectivity index (χ4v) is 6.05. The topological polar surface area (TPSA) is 97.8 Å². The first-order chi connectivity index (χ1) is 18.6. The highest BCUT2D eigenvalue weighted by atomic mass is 127. The molecule has 1 heterocycles. The van der Waals surface area contributed by atoms with Crippen LogP contribution in [-0.4, -0.2) is 37.6 Å². The second-order valence-corrected chi connectivity index (χ2v) is 11.6. The van der Waals surface area contributed by atoms with Crippen molar-refractivity contribution >= 4 is 28.4 Å². The second kappa shape index (κ2) is 12.0. The number of carbonyl (C=O) groups is 1. The summed E-state index contributed by atoms with van der Waals surface area (Å²) in [5, 5.41) is 10.3. The van der Waals surface area contributed by atoms with Gasteiger partial charge in [-0.1, -0.05) is 32.0 Å². The molecule has 0 radical (unpaired) electrons. The summed E-state index contributed by atoms with van der Waals surface area (Å²) in [6.45, 7) is 7.23. The van der Waals surface area contributed by atoms with E-state index in [9.17, 15) is 14.4 Å². The van der Waals surface area contributed by atoms with Crippen molar-refractivity contribution in [1.82, 2.24) is 4.90 Å². The maximum atomic E-state index is 14.2. The lowest BCUT2D eigenvalue weighted by molar-refractivity contribution is -0.118. The van der Waals surface area contributed by atoms with Crippen molar-refractivity contribution in [3.05, 3.63) is 79.6 Å². The SMILES string of the molecule is CCOc1cc([C@H]2C(C#N)=C(N)N(CCOC)C3=C2C(=O)CC(C)(C)C3)cc(I)c1OCc1ccccc1F. The maximum absolute atomic E-state index is 14.2. The van der Waals surface area contributed by atoms with Crippen LogP contribution in [0.1, 0.15) is 50.7 Å². The van der Waals surface area contributed by atoms with Crippen LogP contribution < -0.4 is 15.2 Å². The summed E-state index contributed by atoms with van der Waals surface area (Å²) >= 11 is 2.15. The van der Waals surface area contributed by atoms with E-state index in [1.165, 1.54) is 6.07 Å². The number of nitrogens with zero attached hydrogens (tertiary/aromatic N) is 2. The lowest BCUT2D eigenvalue weighted by Gasteiger charge is -2.43. The molecule has 0 unspecified atom stereocenters. The van der Waals surface area contributed by atoms with Gasteiger partial charge in [0.2, 0.25) is 0 Å². The second-order valence-electron chi connectivity index (χ2n) is 10.4. The molecule has 0 saturated heterocycles. The lowest BCUT2D eigenvalue weighted by Crippen LogP contribution is -2.43. The number of halogens is 2. The number of allylic oxidation sites excluding steroid dienone is 3. The lowest BCUT2D eigenvalue weighted by atomic mass is 9.68. The molecule has 0 fully saturated rings. The van der Waals surface area contributed by atoms with E-state index in [1.807, 2.05) is 17.9 Å². The maximum Gasteiger partial charge on any atom is 0.174 e. The van der Waals surface area contributed by atoms with Gasteiger partial charge in [-0.3, -0.25) is 4.79 Å². The molecule has 0 bridgehead atoms. The fraction of sp³-hybridized carbons (Fsp3) is 0.400. The molecule has 1 aliphatic heterocycles. The Bertz CT molecular complexity index is 1380. The Balaban J connectivity index is 1.83. The van der Waals surface area contributed by atoms with E-state index >= 15 is 0 Å². The third-order valence-electron chi connectivity index (χ3n) is 7.00. The molecule has 7 nitrogen and oxygen atoms in total. The van der Waals surface area contributed by atoms with Crippen molar-refractivity contribution in [1.29, 1.82) is 5.26 Å². The molecule has 4 rings (SSSR count). The normalized spacial score (nSPS) is 18.6. The number of ether oxygens (including phenoxy) is 3. The van der Waals surface area contributed by atoms with Crippen LogP contribution in [0.4, 0.5) is 4.39 Å². The molecule has 2 aromatic carbocycles. The van der Waals surface area contributed by atoms with E-state index in [2.05, 4.69) is 42.5 Å². The molecule has 1 aliphatic carbocycles. The molecular weight excluding hydrogens is 612 g/mol. The smallest absolute Gasteiger partial charge is 0.174 e. The van der Waals surface area contributed by atoms with Crippen LogP contribution >= 0.6 is 22.6 Å². The van der Waals surface area contributed by atoms with Gasteiger partial charge in [0.25, 0.3) is 0 Å². The highest BCUT2D eigenvalue weighted by Crippen LogP contribution is 2.50. The molecular formula is C30H33FIN3O4. The summed E-state index contributed by atoms with van der Waals surface area (Å²) in [6.07, 6.45) is 1.02. The average Bonchev–Trinajstić information content (AvgIpc) is 2.87. The minimum Gasteiger partial charge on any atom is -0.490 e. The van der Waals surface area contributed by atoms with Crippen LogP contribution in [0.15, 0.2) is 59.1 Å². The molecule has 2 N–H and O–H groups in total.